The normalized spacial score (nSPS) is 20.0. The van der Waals surface area contributed by atoms with Gasteiger partial charge in [0.1, 0.15) is 11.6 Å². The van der Waals surface area contributed by atoms with Gasteiger partial charge in [0.25, 0.3) is 0 Å². The maximum Gasteiger partial charge on any atom is 0.193 e. The molecule has 1 heterocycles. The Bertz CT molecular complexity index is 679. The Morgan fingerprint density at radius 3 is 2.43 bits per heavy atom. The Labute approximate surface area is 178 Å². The second kappa shape index (κ2) is 11.0. The first-order valence-electron chi connectivity index (χ1n) is 11.1. The molecule has 5 nitrogen and oxygen atoms in total. The number of rotatable bonds is 8. The molecule has 0 amide bonds. The Hall–Kier alpha value is -1.73. The minimum absolute atomic E-state index is 0.230. The molecule has 30 heavy (non-hydrogen) atoms. The summed E-state index contributed by atoms with van der Waals surface area (Å²) in [6.45, 7) is 3.65. The number of benzene rings is 1. The van der Waals surface area contributed by atoms with E-state index in [0.717, 1.165) is 77.2 Å². The molecule has 1 N–H and O–H groups in total. The second-order valence-corrected chi connectivity index (χ2v) is 8.39. The molecule has 0 bridgehead atoms. The molecule has 1 aliphatic carbocycles. The largest absolute Gasteiger partial charge is 0.385 e. The van der Waals surface area contributed by atoms with Crippen molar-refractivity contribution in [3.8, 4) is 0 Å². The van der Waals surface area contributed by atoms with Gasteiger partial charge >= 0.3 is 0 Å². The molecule has 2 fully saturated rings. The lowest BCUT2D eigenvalue weighted by Gasteiger charge is -2.36. The summed E-state index contributed by atoms with van der Waals surface area (Å²) in [6, 6.07) is 4.17. The Morgan fingerprint density at radius 2 is 1.83 bits per heavy atom. The highest BCUT2D eigenvalue weighted by Gasteiger charge is 2.40. The van der Waals surface area contributed by atoms with Crippen molar-refractivity contribution in [3.63, 3.8) is 0 Å². The summed E-state index contributed by atoms with van der Waals surface area (Å²) >= 11 is 0. The number of likely N-dealkylation sites (tertiary alicyclic amines) is 1. The van der Waals surface area contributed by atoms with Crippen LogP contribution >= 0.6 is 0 Å². The first-order chi connectivity index (χ1) is 14.6. The molecule has 1 aromatic carbocycles. The second-order valence-electron chi connectivity index (χ2n) is 8.39. The van der Waals surface area contributed by atoms with Crippen molar-refractivity contribution >= 4 is 5.96 Å². The van der Waals surface area contributed by atoms with Crippen molar-refractivity contribution in [2.24, 2.45) is 4.99 Å². The van der Waals surface area contributed by atoms with Crippen LogP contribution in [0.5, 0.6) is 0 Å². The average molecular weight is 424 g/mol. The van der Waals surface area contributed by atoms with Gasteiger partial charge in [-0.05, 0) is 44.2 Å². The molecular weight excluding hydrogens is 388 g/mol. The van der Waals surface area contributed by atoms with Gasteiger partial charge in [-0.25, -0.2) is 8.78 Å². The highest BCUT2D eigenvalue weighted by atomic mass is 19.1. The van der Waals surface area contributed by atoms with Gasteiger partial charge in [0.05, 0.1) is 6.10 Å². The van der Waals surface area contributed by atoms with Gasteiger partial charge in [-0.2, -0.15) is 0 Å². The van der Waals surface area contributed by atoms with Crippen LogP contribution in [0.3, 0.4) is 0 Å². The summed E-state index contributed by atoms with van der Waals surface area (Å²) in [4.78, 5) is 6.66. The van der Waals surface area contributed by atoms with E-state index in [1.165, 1.54) is 18.2 Å². The van der Waals surface area contributed by atoms with Gasteiger partial charge in [0.2, 0.25) is 0 Å². The smallest absolute Gasteiger partial charge is 0.193 e. The molecule has 3 rings (SSSR count). The zero-order chi connectivity index (χ0) is 21.4. The minimum atomic E-state index is -0.520. The molecule has 0 unspecified atom stereocenters. The van der Waals surface area contributed by atoms with E-state index in [4.69, 9.17) is 9.47 Å². The molecule has 0 spiro atoms. The lowest BCUT2D eigenvalue weighted by atomic mass is 9.78. The number of nitrogens with zero attached hydrogens (tertiary/aromatic N) is 2. The summed E-state index contributed by atoms with van der Waals surface area (Å²) in [5.41, 5.74) is -0.289. The van der Waals surface area contributed by atoms with Crippen LogP contribution in [-0.2, 0) is 14.9 Å². The maximum atomic E-state index is 14.6. The van der Waals surface area contributed by atoms with Gasteiger partial charge in [-0.15, -0.1) is 0 Å². The number of hydrogen-bond acceptors (Lipinski definition) is 3. The third kappa shape index (κ3) is 5.49. The fourth-order valence-corrected chi connectivity index (χ4v) is 4.84. The Balaban J connectivity index is 1.57. The molecule has 1 saturated heterocycles. The summed E-state index contributed by atoms with van der Waals surface area (Å²) in [5, 5.41) is 3.43. The van der Waals surface area contributed by atoms with E-state index in [9.17, 15) is 8.78 Å². The van der Waals surface area contributed by atoms with E-state index in [1.54, 1.807) is 14.2 Å². The van der Waals surface area contributed by atoms with Crippen LogP contribution in [0.1, 0.15) is 50.5 Å². The van der Waals surface area contributed by atoms with Gasteiger partial charge in [0, 0.05) is 58.0 Å². The summed E-state index contributed by atoms with van der Waals surface area (Å²) < 4.78 is 40.1. The van der Waals surface area contributed by atoms with Crippen LogP contribution in [0.25, 0.3) is 0 Å². The van der Waals surface area contributed by atoms with E-state index in [2.05, 4.69) is 15.2 Å². The summed E-state index contributed by atoms with van der Waals surface area (Å²) in [7, 11) is 3.47. The third-order valence-corrected chi connectivity index (χ3v) is 6.44. The molecule has 2 aliphatic rings. The predicted octanol–water partition coefficient (Wildman–Crippen LogP) is 3.87. The predicted molar refractivity (Wildman–Crippen MR) is 115 cm³/mol. The zero-order valence-corrected chi connectivity index (χ0v) is 18.3. The van der Waals surface area contributed by atoms with Gasteiger partial charge in [-0.1, -0.05) is 18.9 Å². The van der Waals surface area contributed by atoms with Crippen LogP contribution in [0, 0.1) is 11.6 Å². The van der Waals surface area contributed by atoms with Gasteiger partial charge < -0.3 is 19.7 Å². The van der Waals surface area contributed by atoms with Crippen LogP contribution in [0.4, 0.5) is 8.78 Å². The first kappa shape index (κ1) is 22.9. The molecule has 0 atom stereocenters. The Kier molecular flexibility index (Phi) is 8.45. The lowest BCUT2D eigenvalue weighted by Crippen LogP contribution is -2.50. The lowest BCUT2D eigenvalue weighted by molar-refractivity contribution is 0.00986. The van der Waals surface area contributed by atoms with Crippen molar-refractivity contribution in [1.29, 1.82) is 0 Å². The van der Waals surface area contributed by atoms with E-state index < -0.39 is 17.0 Å². The van der Waals surface area contributed by atoms with Crippen LogP contribution < -0.4 is 5.32 Å². The topological polar surface area (TPSA) is 46.1 Å². The number of ether oxygens (including phenoxy) is 2. The molecule has 0 radical (unpaired) electrons. The van der Waals surface area contributed by atoms with Gasteiger partial charge in [-0.3, -0.25) is 4.99 Å². The highest BCUT2D eigenvalue weighted by molar-refractivity contribution is 5.80. The number of aliphatic imine (C=N–C) groups is 1. The minimum Gasteiger partial charge on any atom is -0.385 e. The Morgan fingerprint density at radius 1 is 1.17 bits per heavy atom. The van der Waals surface area contributed by atoms with Crippen LogP contribution in [0.2, 0.25) is 0 Å². The average Bonchev–Trinajstić information content (AvgIpc) is 3.22. The number of halogens is 2. The summed E-state index contributed by atoms with van der Waals surface area (Å²) in [5.74, 6) is -0.0869. The monoisotopic (exact) mass is 423 g/mol. The maximum absolute atomic E-state index is 14.6. The van der Waals surface area contributed by atoms with E-state index in [1.807, 2.05) is 0 Å². The molecule has 0 aromatic heterocycles. The van der Waals surface area contributed by atoms with Crippen molar-refractivity contribution in [2.75, 3.05) is 47.0 Å². The molecule has 168 valence electrons. The number of guanidine groups is 1. The first-order valence-corrected chi connectivity index (χ1v) is 11.1. The van der Waals surface area contributed by atoms with Crippen molar-refractivity contribution in [3.05, 3.63) is 35.4 Å². The highest BCUT2D eigenvalue weighted by Crippen LogP contribution is 2.42. The quantitative estimate of drug-likeness (QED) is 0.392. The summed E-state index contributed by atoms with van der Waals surface area (Å²) in [6.07, 6.45) is 6.61. The molecule has 7 heteroatoms. The van der Waals surface area contributed by atoms with Crippen molar-refractivity contribution < 1.29 is 18.3 Å². The molecule has 1 aromatic rings. The van der Waals surface area contributed by atoms with E-state index >= 15 is 0 Å². The zero-order valence-electron chi connectivity index (χ0n) is 18.3. The SMILES string of the molecule is CN=C(NCC1(c2c(F)cccc2F)CCCC1)N1CCC(OCCCOC)CC1. The van der Waals surface area contributed by atoms with Crippen molar-refractivity contribution in [2.45, 2.75) is 56.5 Å². The number of piperidine rings is 1. The fraction of sp³-hybridized carbons (Fsp3) is 0.696. The number of nitrogens with one attached hydrogen (secondary N) is 1. The van der Waals surface area contributed by atoms with E-state index in [0.29, 0.717) is 6.54 Å². The third-order valence-electron chi connectivity index (χ3n) is 6.44. The number of methoxy groups -OCH3 is 1. The fourth-order valence-electron chi connectivity index (χ4n) is 4.84. The molecule has 1 aliphatic heterocycles. The van der Waals surface area contributed by atoms with Gasteiger partial charge in [0.15, 0.2) is 5.96 Å². The molecule has 1 saturated carbocycles. The standard InChI is InChI=1S/C23H35F2N3O2/c1-26-22(28-13-9-18(10-14-28)30-16-6-15-29-2)27-17-23(11-3-4-12-23)21-19(24)7-5-8-20(21)25/h5,7-8,18H,3-4,6,9-17H2,1-2H3,(H,26,27). The van der Waals surface area contributed by atoms with Crippen LogP contribution in [-0.4, -0.2) is 64.0 Å². The van der Waals surface area contributed by atoms with Crippen LogP contribution in [0.15, 0.2) is 23.2 Å². The number of hydrogen-bond donors (Lipinski definition) is 1. The van der Waals surface area contributed by atoms with Crippen molar-refractivity contribution in [1.82, 2.24) is 10.2 Å². The molecular formula is C23H35F2N3O2. The van der Waals surface area contributed by atoms with E-state index in [-0.39, 0.29) is 11.7 Å².